The first-order valence-corrected chi connectivity index (χ1v) is 3.46. The van der Waals surface area contributed by atoms with Crippen LogP contribution in [-0.4, -0.2) is 5.11 Å². The molecule has 0 bridgehead atoms. The molecule has 0 aromatic heterocycles. The second-order valence-electron chi connectivity index (χ2n) is 2.69. The topological polar surface area (TPSA) is 44.0 Å². The van der Waals surface area contributed by atoms with Crippen molar-refractivity contribution in [3.05, 3.63) is 35.6 Å². The van der Waals surface area contributed by atoms with Crippen LogP contribution in [-0.2, 0) is 5.60 Å². The zero-order valence-electron chi connectivity index (χ0n) is 6.58. The minimum absolute atomic E-state index is 0.382. The summed E-state index contributed by atoms with van der Waals surface area (Å²) in [5, 5.41) is 17.9. The maximum atomic E-state index is 12.4. The SMILES string of the molecule is C[C@@](O)(C#N)c1ccc(F)cc1. The summed E-state index contributed by atoms with van der Waals surface area (Å²) in [7, 11) is 0. The van der Waals surface area contributed by atoms with E-state index in [4.69, 9.17) is 5.26 Å². The van der Waals surface area contributed by atoms with Crippen LogP contribution in [0.15, 0.2) is 24.3 Å². The quantitative estimate of drug-likeness (QED) is 0.641. The number of hydrogen-bond acceptors (Lipinski definition) is 2. The van der Waals surface area contributed by atoms with Gasteiger partial charge in [-0.15, -0.1) is 0 Å². The second kappa shape index (κ2) is 2.92. The van der Waals surface area contributed by atoms with Gasteiger partial charge in [-0.25, -0.2) is 4.39 Å². The van der Waals surface area contributed by atoms with E-state index in [1.807, 2.05) is 0 Å². The summed E-state index contributed by atoms with van der Waals surface area (Å²) in [6.07, 6.45) is 0. The number of nitriles is 1. The minimum atomic E-state index is -1.53. The number of rotatable bonds is 1. The van der Waals surface area contributed by atoms with E-state index in [2.05, 4.69) is 0 Å². The molecule has 0 aliphatic heterocycles. The van der Waals surface area contributed by atoms with Crippen molar-refractivity contribution in [3.8, 4) is 6.07 Å². The molecule has 1 rings (SSSR count). The third kappa shape index (κ3) is 1.60. The molecule has 0 unspecified atom stereocenters. The van der Waals surface area contributed by atoms with Crippen molar-refractivity contribution in [2.75, 3.05) is 0 Å². The van der Waals surface area contributed by atoms with E-state index in [0.29, 0.717) is 5.56 Å². The van der Waals surface area contributed by atoms with Gasteiger partial charge in [0.15, 0.2) is 5.60 Å². The van der Waals surface area contributed by atoms with Crippen LogP contribution in [0.5, 0.6) is 0 Å². The third-order valence-corrected chi connectivity index (χ3v) is 1.62. The van der Waals surface area contributed by atoms with Gasteiger partial charge >= 0.3 is 0 Å². The van der Waals surface area contributed by atoms with Gasteiger partial charge in [-0.05, 0) is 24.6 Å². The van der Waals surface area contributed by atoms with Crippen molar-refractivity contribution in [2.24, 2.45) is 0 Å². The Kier molecular flexibility index (Phi) is 2.11. The van der Waals surface area contributed by atoms with Gasteiger partial charge in [0.1, 0.15) is 11.9 Å². The molecular weight excluding hydrogens is 157 g/mol. The molecular formula is C9H8FNO. The highest BCUT2D eigenvalue weighted by atomic mass is 19.1. The Hall–Kier alpha value is -1.40. The summed E-state index contributed by atoms with van der Waals surface area (Å²) >= 11 is 0. The molecule has 0 spiro atoms. The normalized spacial score (nSPS) is 14.8. The van der Waals surface area contributed by atoms with Crippen LogP contribution in [0, 0.1) is 17.1 Å². The average molecular weight is 165 g/mol. The Morgan fingerprint density at radius 2 is 1.92 bits per heavy atom. The second-order valence-corrected chi connectivity index (χ2v) is 2.69. The zero-order chi connectivity index (χ0) is 9.19. The van der Waals surface area contributed by atoms with Crippen LogP contribution in [0.1, 0.15) is 12.5 Å². The third-order valence-electron chi connectivity index (χ3n) is 1.62. The van der Waals surface area contributed by atoms with Gasteiger partial charge in [0.2, 0.25) is 0 Å². The first-order valence-electron chi connectivity index (χ1n) is 3.46. The van der Waals surface area contributed by atoms with Gasteiger partial charge in [-0.1, -0.05) is 12.1 Å². The lowest BCUT2D eigenvalue weighted by Crippen LogP contribution is -2.17. The lowest BCUT2D eigenvalue weighted by molar-refractivity contribution is 0.119. The molecule has 3 heteroatoms. The van der Waals surface area contributed by atoms with E-state index in [-0.39, 0.29) is 5.82 Å². The van der Waals surface area contributed by atoms with Gasteiger partial charge in [0.05, 0.1) is 0 Å². The Bertz CT molecular complexity index is 310. The fourth-order valence-corrected chi connectivity index (χ4v) is 0.839. The van der Waals surface area contributed by atoms with Crippen LogP contribution in [0.2, 0.25) is 0 Å². The standard InChI is InChI=1S/C9H8FNO/c1-9(12,6-11)7-2-4-8(10)5-3-7/h2-5,12H,1H3/t9-/m1/s1. The monoisotopic (exact) mass is 165 g/mol. The smallest absolute Gasteiger partial charge is 0.173 e. The maximum Gasteiger partial charge on any atom is 0.173 e. The zero-order valence-corrected chi connectivity index (χ0v) is 6.58. The van der Waals surface area contributed by atoms with Crippen molar-refractivity contribution < 1.29 is 9.50 Å². The van der Waals surface area contributed by atoms with Crippen LogP contribution < -0.4 is 0 Å². The van der Waals surface area contributed by atoms with Crippen molar-refractivity contribution in [1.29, 1.82) is 5.26 Å². The van der Waals surface area contributed by atoms with Crippen molar-refractivity contribution in [1.82, 2.24) is 0 Å². The summed E-state index contributed by atoms with van der Waals surface area (Å²) in [5.74, 6) is -0.382. The van der Waals surface area contributed by atoms with Crippen LogP contribution in [0.4, 0.5) is 4.39 Å². The predicted octanol–water partition coefficient (Wildman–Crippen LogP) is 1.56. The molecule has 0 saturated carbocycles. The van der Waals surface area contributed by atoms with E-state index in [0.717, 1.165) is 0 Å². The highest BCUT2D eigenvalue weighted by Crippen LogP contribution is 2.18. The molecule has 2 nitrogen and oxygen atoms in total. The molecule has 0 amide bonds. The lowest BCUT2D eigenvalue weighted by atomic mass is 9.98. The Morgan fingerprint density at radius 3 is 2.33 bits per heavy atom. The minimum Gasteiger partial charge on any atom is -0.372 e. The van der Waals surface area contributed by atoms with Crippen molar-refractivity contribution >= 4 is 0 Å². The Balaban J connectivity index is 3.07. The van der Waals surface area contributed by atoms with E-state index in [1.54, 1.807) is 6.07 Å². The van der Waals surface area contributed by atoms with Gasteiger partial charge in [0.25, 0.3) is 0 Å². The average Bonchev–Trinajstić information content (AvgIpc) is 2.05. The van der Waals surface area contributed by atoms with E-state index < -0.39 is 5.60 Å². The highest BCUT2D eigenvalue weighted by molar-refractivity contribution is 5.27. The van der Waals surface area contributed by atoms with E-state index in [9.17, 15) is 9.50 Å². The fourth-order valence-electron chi connectivity index (χ4n) is 0.839. The molecule has 0 saturated heterocycles. The van der Waals surface area contributed by atoms with Gasteiger partial charge in [-0.3, -0.25) is 0 Å². The van der Waals surface area contributed by atoms with Crippen LogP contribution >= 0.6 is 0 Å². The van der Waals surface area contributed by atoms with E-state index >= 15 is 0 Å². The summed E-state index contributed by atoms with van der Waals surface area (Å²) in [5.41, 5.74) is -1.14. The largest absolute Gasteiger partial charge is 0.372 e. The first-order chi connectivity index (χ1) is 5.56. The highest BCUT2D eigenvalue weighted by Gasteiger charge is 2.21. The van der Waals surface area contributed by atoms with Gasteiger partial charge in [0, 0.05) is 0 Å². The Labute approximate surface area is 69.9 Å². The molecule has 0 radical (unpaired) electrons. The molecule has 0 heterocycles. The fraction of sp³-hybridized carbons (Fsp3) is 0.222. The van der Waals surface area contributed by atoms with Gasteiger partial charge < -0.3 is 5.11 Å². The summed E-state index contributed by atoms with van der Waals surface area (Å²) in [4.78, 5) is 0. The number of hydrogen-bond donors (Lipinski definition) is 1. The van der Waals surface area contributed by atoms with Crippen molar-refractivity contribution in [3.63, 3.8) is 0 Å². The maximum absolute atomic E-state index is 12.4. The number of halogens is 1. The molecule has 0 aliphatic rings. The summed E-state index contributed by atoms with van der Waals surface area (Å²) < 4.78 is 12.4. The molecule has 62 valence electrons. The van der Waals surface area contributed by atoms with Crippen molar-refractivity contribution in [2.45, 2.75) is 12.5 Å². The first kappa shape index (κ1) is 8.69. The number of benzene rings is 1. The summed E-state index contributed by atoms with van der Waals surface area (Å²) in [6, 6.07) is 6.90. The number of nitrogens with zero attached hydrogens (tertiary/aromatic N) is 1. The molecule has 1 N–H and O–H groups in total. The van der Waals surface area contributed by atoms with E-state index in [1.165, 1.54) is 31.2 Å². The van der Waals surface area contributed by atoms with Crippen LogP contribution in [0.3, 0.4) is 0 Å². The summed E-state index contributed by atoms with van der Waals surface area (Å²) in [6.45, 7) is 1.36. The lowest BCUT2D eigenvalue weighted by Gasteiger charge is -2.13. The molecule has 1 aromatic carbocycles. The Morgan fingerprint density at radius 1 is 1.42 bits per heavy atom. The molecule has 0 aliphatic carbocycles. The number of aliphatic hydroxyl groups is 1. The molecule has 0 fully saturated rings. The molecule has 12 heavy (non-hydrogen) atoms. The molecule has 1 aromatic rings. The van der Waals surface area contributed by atoms with Crippen LogP contribution in [0.25, 0.3) is 0 Å². The molecule has 1 atom stereocenters. The predicted molar refractivity (Wildman–Crippen MR) is 41.6 cm³/mol. The van der Waals surface area contributed by atoms with Gasteiger partial charge in [-0.2, -0.15) is 5.26 Å².